The number of anilines is 1. The van der Waals surface area contributed by atoms with Gasteiger partial charge in [0.25, 0.3) is 10.0 Å². The standard InChI is InChI=1S/C12H10ClIN2O2S/c1-8-6-9(14)2-4-11(8)16-19(17,18)10-3-5-12(13)15-7-10/h2-7,16H,1H3. The van der Waals surface area contributed by atoms with Crippen molar-refractivity contribution in [3.8, 4) is 0 Å². The number of rotatable bonds is 3. The van der Waals surface area contributed by atoms with E-state index < -0.39 is 10.0 Å². The average Bonchev–Trinajstić information content (AvgIpc) is 2.33. The van der Waals surface area contributed by atoms with Gasteiger partial charge in [-0.3, -0.25) is 4.72 Å². The van der Waals surface area contributed by atoms with Crippen LogP contribution in [0.15, 0.2) is 41.4 Å². The van der Waals surface area contributed by atoms with Crippen LogP contribution in [0, 0.1) is 10.5 Å². The van der Waals surface area contributed by atoms with Crippen LogP contribution < -0.4 is 4.72 Å². The van der Waals surface area contributed by atoms with Crippen LogP contribution in [0.5, 0.6) is 0 Å². The molecule has 4 nitrogen and oxygen atoms in total. The van der Waals surface area contributed by atoms with Gasteiger partial charge in [-0.15, -0.1) is 0 Å². The van der Waals surface area contributed by atoms with Crippen molar-refractivity contribution in [2.24, 2.45) is 0 Å². The van der Waals surface area contributed by atoms with E-state index in [0.717, 1.165) is 9.13 Å². The van der Waals surface area contributed by atoms with Crippen molar-refractivity contribution in [3.05, 3.63) is 50.8 Å². The summed E-state index contributed by atoms with van der Waals surface area (Å²) in [6, 6.07) is 8.33. The molecule has 2 aromatic rings. The summed E-state index contributed by atoms with van der Waals surface area (Å²) >= 11 is 7.81. The van der Waals surface area contributed by atoms with Crippen LogP contribution in [0.25, 0.3) is 0 Å². The zero-order chi connectivity index (χ0) is 14.0. The van der Waals surface area contributed by atoms with Crippen molar-refractivity contribution in [2.75, 3.05) is 4.72 Å². The molecule has 0 atom stereocenters. The number of hydrogen-bond donors (Lipinski definition) is 1. The Morgan fingerprint density at radius 2 is 2.00 bits per heavy atom. The molecule has 1 heterocycles. The van der Waals surface area contributed by atoms with Gasteiger partial charge in [-0.25, -0.2) is 13.4 Å². The molecule has 1 aromatic carbocycles. The van der Waals surface area contributed by atoms with Gasteiger partial charge >= 0.3 is 0 Å². The Labute approximate surface area is 130 Å². The molecule has 0 bridgehead atoms. The molecule has 0 spiro atoms. The molecule has 0 amide bonds. The summed E-state index contributed by atoms with van der Waals surface area (Å²) in [6.07, 6.45) is 1.23. The van der Waals surface area contributed by atoms with E-state index in [-0.39, 0.29) is 10.0 Å². The maximum atomic E-state index is 12.2. The number of sulfonamides is 1. The molecule has 0 saturated carbocycles. The largest absolute Gasteiger partial charge is 0.279 e. The molecule has 1 aromatic heterocycles. The minimum Gasteiger partial charge on any atom is -0.279 e. The third-order valence-corrected chi connectivity index (χ3v) is 4.69. The Bertz CT molecular complexity index is 702. The number of aryl methyl sites for hydroxylation is 1. The van der Waals surface area contributed by atoms with Gasteiger partial charge in [0.05, 0.1) is 5.69 Å². The summed E-state index contributed by atoms with van der Waals surface area (Å²) < 4.78 is 27.9. The Morgan fingerprint density at radius 3 is 2.58 bits per heavy atom. The van der Waals surface area contributed by atoms with Gasteiger partial charge in [-0.2, -0.15) is 0 Å². The zero-order valence-electron chi connectivity index (χ0n) is 9.89. The Balaban J connectivity index is 2.33. The first-order chi connectivity index (χ1) is 8.88. The molecule has 19 heavy (non-hydrogen) atoms. The van der Waals surface area contributed by atoms with Crippen LogP contribution in [0.3, 0.4) is 0 Å². The van der Waals surface area contributed by atoms with E-state index in [9.17, 15) is 8.42 Å². The van der Waals surface area contributed by atoms with Crippen molar-refractivity contribution in [3.63, 3.8) is 0 Å². The van der Waals surface area contributed by atoms with Crippen LogP contribution in [-0.4, -0.2) is 13.4 Å². The van der Waals surface area contributed by atoms with Crippen LogP contribution in [-0.2, 0) is 10.0 Å². The fraction of sp³-hybridized carbons (Fsp3) is 0.0833. The van der Waals surface area contributed by atoms with Gasteiger partial charge in [-0.05, 0) is 65.4 Å². The summed E-state index contributed by atoms with van der Waals surface area (Å²) in [6.45, 7) is 1.85. The number of aromatic nitrogens is 1. The van der Waals surface area contributed by atoms with Gasteiger partial charge < -0.3 is 0 Å². The highest BCUT2D eigenvalue weighted by Crippen LogP contribution is 2.21. The van der Waals surface area contributed by atoms with Crippen molar-refractivity contribution in [1.29, 1.82) is 0 Å². The highest BCUT2D eigenvalue weighted by atomic mass is 127. The van der Waals surface area contributed by atoms with Crippen LogP contribution in [0.1, 0.15) is 5.56 Å². The lowest BCUT2D eigenvalue weighted by molar-refractivity contribution is 0.601. The number of benzene rings is 1. The molecule has 0 radical (unpaired) electrons. The molecule has 100 valence electrons. The van der Waals surface area contributed by atoms with Gasteiger partial charge in [-0.1, -0.05) is 11.6 Å². The molecule has 0 saturated heterocycles. The predicted molar refractivity (Wildman–Crippen MR) is 84.0 cm³/mol. The smallest absolute Gasteiger partial charge is 0.263 e. The van der Waals surface area contributed by atoms with Gasteiger partial charge in [0.1, 0.15) is 10.0 Å². The second kappa shape index (κ2) is 5.64. The molecule has 2 rings (SSSR count). The number of nitrogens with one attached hydrogen (secondary N) is 1. The SMILES string of the molecule is Cc1cc(I)ccc1NS(=O)(=O)c1ccc(Cl)nc1. The number of nitrogens with zero attached hydrogens (tertiary/aromatic N) is 1. The van der Waals surface area contributed by atoms with Gasteiger partial charge in [0.15, 0.2) is 0 Å². The highest BCUT2D eigenvalue weighted by Gasteiger charge is 2.15. The molecule has 0 aliphatic carbocycles. The van der Waals surface area contributed by atoms with Crippen molar-refractivity contribution >= 4 is 49.9 Å². The molecular formula is C12H10ClIN2O2S. The van der Waals surface area contributed by atoms with E-state index in [1.165, 1.54) is 18.3 Å². The predicted octanol–water partition coefficient (Wildman–Crippen LogP) is 3.45. The third kappa shape index (κ3) is 3.58. The monoisotopic (exact) mass is 408 g/mol. The molecule has 1 N–H and O–H groups in total. The van der Waals surface area contributed by atoms with E-state index in [1.807, 2.05) is 19.1 Å². The van der Waals surface area contributed by atoms with Crippen LogP contribution in [0.4, 0.5) is 5.69 Å². The summed E-state index contributed by atoms with van der Waals surface area (Å²) in [5.41, 5.74) is 1.41. The third-order valence-electron chi connectivity index (χ3n) is 2.44. The van der Waals surface area contributed by atoms with Crippen LogP contribution in [0.2, 0.25) is 5.15 Å². The van der Waals surface area contributed by atoms with Crippen molar-refractivity contribution in [1.82, 2.24) is 4.98 Å². The zero-order valence-corrected chi connectivity index (χ0v) is 13.6. The second-order valence-corrected chi connectivity index (χ2v) is 7.20. The first kappa shape index (κ1) is 14.5. The topological polar surface area (TPSA) is 59.1 Å². The summed E-state index contributed by atoms with van der Waals surface area (Å²) in [7, 11) is -3.64. The molecule has 0 unspecified atom stereocenters. The van der Waals surface area contributed by atoms with Gasteiger partial charge in [0.2, 0.25) is 0 Å². The average molecular weight is 409 g/mol. The maximum Gasteiger partial charge on any atom is 0.263 e. The normalized spacial score (nSPS) is 11.3. The minimum atomic E-state index is -3.64. The second-order valence-electron chi connectivity index (χ2n) is 3.88. The van der Waals surface area contributed by atoms with E-state index >= 15 is 0 Å². The minimum absolute atomic E-state index is 0.0786. The molecule has 0 fully saturated rings. The summed E-state index contributed by atoms with van der Waals surface area (Å²) in [5, 5.41) is 0.254. The first-order valence-electron chi connectivity index (χ1n) is 5.29. The Kier molecular flexibility index (Phi) is 4.32. The lowest BCUT2D eigenvalue weighted by Crippen LogP contribution is -2.14. The molecule has 0 aliphatic rings. The van der Waals surface area contributed by atoms with E-state index in [1.54, 1.807) is 6.07 Å². The van der Waals surface area contributed by atoms with Crippen molar-refractivity contribution < 1.29 is 8.42 Å². The summed E-state index contributed by atoms with van der Waals surface area (Å²) in [4.78, 5) is 3.85. The van der Waals surface area contributed by atoms with E-state index in [4.69, 9.17) is 11.6 Å². The lowest BCUT2D eigenvalue weighted by Gasteiger charge is -2.10. The number of hydrogen-bond acceptors (Lipinski definition) is 3. The Hall–Kier alpha value is -0.860. The fourth-order valence-corrected chi connectivity index (χ4v) is 3.30. The van der Waals surface area contributed by atoms with Crippen molar-refractivity contribution in [2.45, 2.75) is 11.8 Å². The molecular weight excluding hydrogens is 399 g/mol. The first-order valence-corrected chi connectivity index (χ1v) is 8.23. The van der Waals surface area contributed by atoms with Crippen LogP contribution >= 0.6 is 34.2 Å². The number of halogens is 2. The highest BCUT2D eigenvalue weighted by molar-refractivity contribution is 14.1. The van der Waals surface area contributed by atoms with E-state index in [2.05, 4.69) is 32.3 Å². The molecule has 7 heteroatoms. The quantitative estimate of drug-likeness (QED) is 0.625. The number of pyridine rings is 1. The van der Waals surface area contributed by atoms with E-state index in [0.29, 0.717) is 5.69 Å². The molecule has 0 aliphatic heterocycles. The Morgan fingerprint density at radius 1 is 1.26 bits per heavy atom. The lowest BCUT2D eigenvalue weighted by atomic mass is 10.2. The van der Waals surface area contributed by atoms with Gasteiger partial charge in [0, 0.05) is 9.77 Å². The summed E-state index contributed by atoms with van der Waals surface area (Å²) in [5.74, 6) is 0. The fourth-order valence-electron chi connectivity index (χ4n) is 1.47. The maximum absolute atomic E-state index is 12.2.